The fraction of sp³-hybridized carbons (Fsp3) is 0.500. The van der Waals surface area contributed by atoms with Gasteiger partial charge in [0.15, 0.2) is 20.3 Å². The van der Waals surface area contributed by atoms with E-state index in [-0.39, 0.29) is 5.04 Å². The van der Waals surface area contributed by atoms with Crippen molar-refractivity contribution in [3.8, 4) is 0 Å². The third-order valence-electron chi connectivity index (χ3n) is 3.80. The van der Waals surface area contributed by atoms with Crippen LogP contribution >= 0.6 is 0 Å². The highest BCUT2D eigenvalue weighted by atomic mass is 28.4. The van der Waals surface area contributed by atoms with Crippen molar-refractivity contribution >= 4 is 19.4 Å². The molecule has 0 spiro atoms. The summed E-state index contributed by atoms with van der Waals surface area (Å²) < 4.78 is 11.4. The molecule has 2 rings (SSSR count). The first-order valence-corrected chi connectivity index (χ1v) is 9.16. The van der Waals surface area contributed by atoms with Gasteiger partial charge in [-0.1, -0.05) is 26.8 Å². The Morgan fingerprint density at radius 3 is 2.67 bits per heavy atom. The van der Waals surface area contributed by atoms with Crippen LogP contribution in [-0.2, 0) is 11.0 Å². The zero-order valence-corrected chi connectivity index (χ0v) is 12.8. The lowest BCUT2D eigenvalue weighted by molar-refractivity contribution is 0.276. The molecule has 1 heterocycles. The van der Waals surface area contributed by atoms with Crippen molar-refractivity contribution in [3.63, 3.8) is 0 Å². The summed E-state index contributed by atoms with van der Waals surface area (Å²) in [5.41, 5.74) is 2.87. The molecule has 4 heteroatoms. The molecular formula is C14H21NO2Si. The van der Waals surface area contributed by atoms with E-state index in [0.29, 0.717) is 6.61 Å². The lowest BCUT2D eigenvalue weighted by Crippen LogP contribution is -2.40. The highest BCUT2D eigenvalue weighted by Crippen LogP contribution is 2.37. The minimum Gasteiger partial charge on any atom is -0.443 e. The van der Waals surface area contributed by atoms with Crippen molar-refractivity contribution in [1.82, 2.24) is 4.98 Å². The first kappa shape index (κ1) is 13.3. The monoisotopic (exact) mass is 263 g/mol. The van der Waals surface area contributed by atoms with Crippen LogP contribution in [0.4, 0.5) is 0 Å². The van der Waals surface area contributed by atoms with Crippen LogP contribution in [0.2, 0.25) is 18.1 Å². The summed E-state index contributed by atoms with van der Waals surface area (Å²) in [5.74, 6) is 0. The Hall–Kier alpha value is -1.13. The van der Waals surface area contributed by atoms with E-state index in [4.69, 9.17) is 8.84 Å². The number of hydrogen-bond donors (Lipinski definition) is 0. The summed E-state index contributed by atoms with van der Waals surface area (Å²) >= 11 is 0. The van der Waals surface area contributed by atoms with E-state index >= 15 is 0 Å². The van der Waals surface area contributed by atoms with Gasteiger partial charge in [-0.15, -0.1) is 0 Å². The Labute approximate surface area is 109 Å². The molecule has 1 aromatic carbocycles. The maximum absolute atomic E-state index is 6.19. The van der Waals surface area contributed by atoms with Gasteiger partial charge in [0.25, 0.3) is 0 Å². The maximum Gasteiger partial charge on any atom is 0.192 e. The van der Waals surface area contributed by atoms with Crippen molar-refractivity contribution in [2.24, 2.45) is 0 Å². The van der Waals surface area contributed by atoms with Crippen molar-refractivity contribution < 1.29 is 8.84 Å². The highest BCUT2D eigenvalue weighted by molar-refractivity contribution is 6.74. The molecule has 0 aliphatic heterocycles. The van der Waals surface area contributed by atoms with Gasteiger partial charge in [-0.2, -0.15) is 0 Å². The predicted molar refractivity (Wildman–Crippen MR) is 76.0 cm³/mol. The van der Waals surface area contributed by atoms with E-state index < -0.39 is 8.32 Å². The molecular weight excluding hydrogens is 242 g/mol. The van der Waals surface area contributed by atoms with Crippen LogP contribution < -0.4 is 0 Å². The van der Waals surface area contributed by atoms with E-state index in [1.807, 2.05) is 18.2 Å². The van der Waals surface area contributed by atoms with Crippen molar-refractivity contribution in [3.05, 3.63) is 30.2 Å². The van der Waals surface area contributed by atoms with E-state index in [2.05, 4.69) is 38.8 Å². The number of oxazole rings is 1. The van der Waals surface area contributed by atoms with E-state index in [0.717, 1.165) is 16.7 Å². The first-order valence-electron chi connectivity index (χ1n) is 6.26. The molecule has 0 amide bonds. The molecule has 98 valence electrons. The van der Waals surface area contributed by atoms with Crippen molar-refractivity contribution in [1.29, 1.82) is 0 Å². The molecule has 3 nitrogen and oxygen atoms in total. The molecule has 2 aromatic rings. The zero-order valence-electron chi connectivity index (χ0n) is 11.8. The van der Waals surface area contributed by atoms with Crippen molar-refractivity contribution in [2.75, 3.05) is 0 Å². The van der Waals surface area contributed by atoms with Crippen LogP contribution in [0.3, 0.4) is 0 Å². The molecule has 18 heavy (non-hydrogen) atoms. The minimum absolute atomic E-state index is 0.241. The Bertz CT molecular complexity index is 540. The van der Waals surface area contributed by atoms with Crippen LogP contribution in [0.5, 0.6) is 0 Å². The molecule has 0 saturated heterocycles. The quantitative estimate of drug-likeness (QED) is 0.772. The highest BCUT2D eigenvalue weighted by Gasteiger charge is 2.36. The average molecular weight is 263 g/mol. The predicted octanol–water partition coefficient (Wildman–Crippen LogP) is 4.35. The standard InChI is InChI=1S/C14H21NO2Si/c1-14(2,3)18(4,5)17-9-11-6-7-13-12(8-11)15-10-16-13/h6-8,10H,9H2,1-5H3. The summed E-state index contributed by atoms with van der Waals surface area (Å²) in [4.78, 5) is 4.16. The Kier molecular flexibility index (Phi) is 3.34. The number of benzene rings is 1. The maximum atomic E-state index is 6.19. The van der Waals surface area contributed by atoms with E-state index in [1.165, 1.54) is 6.39 Å². The fourth-order valence-corrected chi connectivity index (χ4v) is 2.43. The van der Waals surface area contributed by atoms with Gasteiger partial charge in [0.1, 0.15) is 5.52 Å². The van der Waals surface area contributed by atoms with Crippen LogP contribution in [-0.4, -0.2) is 13.3 Å². The van der Waals surface area contributed by atoms with Gasteiger partial charge < -0.3 is 8.84 Å². The molecule has 0 atom stereocenters. The first-order chi connectivity index (χ1) is 8.29. The summed E-state index contributed by atoms with van der Waals surface area (Å²) in [6.07, 6.45) is 1.48. The van der Waals surface area contributed by atoms with Gasteiger partial charge in [0.05, 0.1) is 6.61 Å². The molecule has 1 aromatic heterocycles. The number of hydrogen-bond acceptors (Lipinski definition) is 3. The lowest BCUT2D eigenvalue weighted by atomic mass is 10.2. The van der Waals surface area contributed by atoms with Crippen molar-refractivity contribution in [2.45, 2.75) is 45.5 Å². The van der Waals surface area contributed by atoms with Crippen LogP contribution in [0.25, 0.3) is 11.1 Å². The lowest BCUT2D eigenvalue weighted by Gasteiger charge is -2.36. The number of aromatic nitrogens is 1. The van der Waals surface area contributed by atoms with Gasteiger partial charge in [0.2, 0.25) is 0 Å². The van der Waals surface area contributed by atoms with Gasteiger partial charge in [-0.3, -0.25) is 0 Å². The molecule has 0 aliphatic rings. The topological polar surface area (TPSA) is 35.3 Å². The minimum atomic E-state index is -1.68. The molecule has 0 N–H and O–H groups in total. The Morgan fingerprint density at radius 2 is 2.00 bits per heavy atom. The molecule has 0 radical (unpaired) electrons. The normalized spacial score (nSPS) is 13.2. The molecule has 0 aliphatic carbocycles. The van der Waals surface area contributed by atoms with Gasteiger partial charge in [-0.05, 0) is 35.8 Å². The second-order valence-electron chi connectivity index (χ2n) is 6.20. The SMILES string of the molecule is CC(C)(C)[Si](C)(C)OCc1ccc2ocnc2c1. The molecule has 0 unspecified atom stereocenters. The smallest absolute Gasteiger partial charge is 0.192 e. The largest absolute Gasteiger partial charge is 0.443 e. The van der Waals surface area contributed by atoms with Crippen LogP contribution in [0.1, 0.15) is 26.3 Å². The number of fused-ring (bicyclic) bond motifs is 1. The molecule has 0 bridgehead atoms. The fourth-order valence-electron chi connectivity index (χ4n) is 1.47. The second-order valence-corrected chi connectivity index (χ2v) is 11.0. The average Bonchev–Trinajstić information content (AvgIpc) is 2.71. The van der Waals surface area contributed by atoms with E-state index in [9.17, 15) is 0 Å². The van der Waals surface area contributed by atoms with Gasteiger partial charge in [0, 0.05) is 0 Å². The summed E-state index contributed by atoms with van der Waals surface area (Å²) in [7, 11) is -1.68. The Morgan fingerprint density at radius 1 is 1.28 bits per heavy atom. The third kappa shape index (κ3) is 2.65. The zero-order chi connectivity index (χ0) is 13.4. The molecule has 0 saturated carbocycles. The van der Waals surface area contributed by atoms with Gasteiger partial charge >= 0.3 is 0 Å². The number of rotatable bonds is 3. The molecule has 0 fully saturated rings. The number of nitrogens with zero attached hydrogens (tertiary/aromatic N) is 1. The van der Waals surface area contributed by atoms with E-state index in [1.54, 1.807) is 0 Å². The van der Waals surface area contributed by atoms with Crippen LogP contribution in [0, 0.1) is 0 Å². The summed E-state index contributed by atoms with van der Waals surface area (Å²) in [5, 5.41) is 0.241. The summed E-state index contributed by atoms with van der Waals surface area (Å²) in [6, 6.07) is 6.03. The third-order valence-corrected chi connectivity index (χ3v) is 8.28. The van der Waals surface area contributed by atoms with Crippen LogP contribution in [0.15, 0.2) is 29.0 Å². The summed E-state index contributed by atoms with van der Waals surface area (Å²) in [6.45, 7) is 11.9. The second kappa shape index (κ2) is 4.52. The Balaban J connectivity index is 2.10. The van der Waals surface area contributed by atoms with Gasteiger partial charge in [-0.25, -0.2) is 4.98 Å².